The van der Waals surface area contributed by atoms with Gasteiger partial charge in [0.25, 0.3) is 10.0 Å². The lowest BCUT2D eigenvalue weighted by Gasteiger charge is -2.11. The van der Waals surface area contributed by atoms with Crippen molar-refractivity contribution in [1.82, 2.24) is 15.0 Å². The molecule has 3 rings (SSSR count). The lowest BCUT2D eigenvalue weighted by atomic mass is 10.1. The number of thioether (sulfide) groups is 1. The molecule has 2 aromatic rings. The molecule has 2 heterocycles. The van der Waals surface area contributed by atoms with Gasteiger partial charge >= 0.3 is 12.0 Å². The van der Waals surface area contributed by atoms with Crippen LogP contribution in [-0.4, -0.2) is 37.6 Å². The first-order valence-corrected chi connectivity index (χ1v) is 9.22. The van der Waals surface area contributed by atoms with Crippen molar-refractivity contribution in [1.29, 1.82) is 0 Å². The Morgan fingerprint density at radius 3 is 2.43 bits per heavy atom. The topological polar surface area (TPSA) is 103 Å². The number of nitrogens with zero attached hydrogens (tertiary/aromatic N) is 3. The summed E-state index contributed by atoms with van der Waals surface area (Å²) >= 11 is 1.68. The molecule has 0 aliphatic carbocycles. The van der Waals surface area contributed by atoms with Crippen LogP contribution in [-0.2, 0) is 21.5 Å². The summed E-state index contributed by atoms with van der Waals surface area (Å²) in [5.41, 5.74) is 1.85. The molecule has 0 saturated heterocycles. The van der Waals surface area contributed by atoms with Crippen LogP contribution in [0.2, 0.25) is 0 Å². The molecule has 0 saturated carbocycles. The molecule has 122 valence electrons. The maximum absolute atomic E-state index is 12.7. The number of sulfonamides is 1. The molecule has 0 amide bonds. The zero-order chi connectivity index (χ0) is 16.4. The Morgan fingerprint density at radius 2 is 1.78 bits per heavy atom. The summed E-state index contributed by atoms with van der Waals surface area (Å²) in [6.07, 6.45) is 0. The van der Waals surface area contributed by atoms with Gasteiger partial charge in [-0.05, 0) is 17.2 Å². The number of aromatic nitrogens is 3. The molecule has 0 atom stereocenters. The third kappa shape index (κ3) is 3.17. The molecule has 0 unspecified atom stereocenters. The first kappa shape index (κ1) is 15.8. The number of hydrogen-bond acceptors (Lipinski definition) is 8. The van der Waals surface area contributed by atoms with E-state index in [1.807, 2.05) is 6.07 Å². The first-order chi connectivity index (χ1) is 11.0. The van der Waals surface area contributed by atoms with Gasteiger partial charge in [-0.1, -0.05) is 12.1 Å². The average molecular weight is 354 g/mol. The fourth-order valence-corrected chi connectivity index (χ4v) is 4.62. The first-order valence-electron chi connectivity index (χ1n) is 6.59. The van der Waals surface area contributed by atoms with Crippen LogP contribution in [0.1, 0.15) is 11.1 Å². The molecule has 8 nitrogen and oxygen atoms in total. The highest BCUT2D eigenvalue weighted by molar-refractivity contribution is 7.98. The highest BCUT2D eigenvalue weighted by Crippen LogP contribution is 2.34. The summed E-state index contributed by atoms with van der Waals surface area (Å²) in [6, 6.07) is 5.16. The molecule has 0 radical (unpaired) electrons. The Bertz CT molecular complexity index is 820. The van der Waals surface area contributed by atoms with Crippen LogP contribution in [0.4, 0.5) is 5.95 Å². The summed E-state index contributed by atoms with van der Waals surface area (Å²) in [5.74, 6) is 1.32. The number of hydrogen-bond donors (Lipinski definition) is 1. The molecule has 1 aliphatic heterocycles. The molecule has 1 N–H and O–H groups in total. The SMILES string of the molecule is COc1nc(NS(=O)(=O)c2cccc3c2CSC3)nc(OC)n1. The number of anilines is 1. The highest BCUT2D eigenvalue weighted by atomic mass is 32.2. The fraction of sp³-hybridized carbons (Fsp3) is 0.308. The van der Waals surface area contributed by atoms with E-state index in [9.17, 15) is 8.42 Å². The van der Waals surface area contributed by atoms with Crippen LogP contribution in [0.3, 0.4) is 0 Å². The molecular weight excluding hydrogens is 340 g/mol. The second-order valence-corrected chi connectivity index (χ2v) is 7.26. The van der Waals surface area contributed by atoms with Gasteiger partial charge in [-0.25, -0.2) is 13.1 Å². The zero-order valence-corrected chi connectivity index (χ0v) is 14.1. The van der Waals surface area contributed by atoms with Crippen molar-refractivity contribution >= 4 is 27.7 Å². The van der Waals surface area contributed by atoms with E-state index in [1.165, 1.54) is 14.2 Å². The minimum absolute atomic E-state index is 0.0385. The normalized spacial score (nSPS) is 13.5. The van der Waals surface area contributed by atoms with Crippen LogP contribution in [0.15, 0.2) is 23.1 Å². The van der Waals surface area contributed by atoms with Crippen molar-refractivity contribution in [3.8, 4) is 12.0 Å². The van der Waals surface area contributed by atoms with Gasteiger partial charge in [-0.15, -0.1) is 4.98 Å². The van der Waals surface area contributed by atoms with Crippen LogP contribution >= 0.6 is 11.8 Å². The second-order valence-electron chi connectivity index (χ2n) is 4.62. The Balaban J connectivity index is 1.98. The maximum Gasteiger partial charge on any atom is 0.324 e. The van der Waals surface area contributed by atoms with Crippen LogP contribution < -0.4 is 14.2 Å². The summed E-state index contributed by atoms with van der Waals surface area (Å²) in [6.45, 7) is 0. The molecule has 0 spiro atoms. The predicted molar refractivity (Wildman–Crippen MR) is 85.2 cm³/mol. The molecule has 1 aromatic carbocycles. The summed E-state index contributed by atoms with van der Waals surface area (Å²) in [4.78, 5) is 11.8. The van der Waals surface area contributed by atoms with Gasteiger partial charge in [0.2, 0.25) is 5.95 Å². The molecular formula is C13H14N4O4S2. The van der Waals surface area contributed by atoms with Gasteiger partial charge in [0.15, 0.2) is 0 Å². The van der Waals surface area contributed by atoms with E-state index in [-0.39, 0.29) is 22.9 Å². The Hall–Kier alpha value is -2.07. The van der Waals surface area contributed by atoms with E-state index in [0.29, 0.717) is 5.75 Å². The monoisotopic (exact) mass is 354 g/mol. The van der Waals surface area contributed by atoms with Gasteiger partial charge in [0.05, 0.1) is 19.1 Å². The van der Waals surface area contributed by atoms with E-state index >= 15 is 0 Å². The standard InChI is InChI=1S/C13H14N4O4S2/c1-20-12-14-11(15-13(16-12)21-2)17-23(18,19)10-5-3-4-8-6-22-7-9(8)10/h3-5H,6-7H2,1-2H3,(H,14,15,16,17). The van der Waals surface area contributed by atoms with Crippen molar-refractivity contribution in [3.63, 3.8) is 0 Å². The average Bonchev–Trinajstić information content (AvgIpc) is 3.02. The lowest BCUT2D eigenvalue weighted by Crippen LogP contribution is -2.17. The van der Waals surface area contributed by atoms with Crippen molar-refractivity contribution in [2.75, 3.05) is 18.9 Å². The second kappa shape index (κ2) is 6.20. The molecule has 0 bridgehead atoms. The molecule has 0 fully saturated rings. The number of nitrogens with one attached hydrogen (secondary N) is 1. The number of methoxy groups -OCH3 is 2. The van der Waals surface area contributed by atoms with Crippen LogP contribution in [0, 0.1) is 0 Å². The number of ether oxygens (including phenoxy) is 2. The van der Waals surface area contributed by atoms with Crippen molar-refractivity contribution < 1.29 is 17.9 Å². The number of benzene rings is 1. The van der Waals surface area contributed by atoms with E-state index in [4.69, 9.17) is 9.47 Å². The Labute approximate surface area is 137 Å². The van der Waals surface area contributed by atoms with Gasteiger partial charge in [-0.3, -0.25) is 0 Å². The summed E-state index contributed by atoms with van der Waals surface area (Å²) in [5, 5.41) is 0. The zero-order valence-electron chi connectivity index (χ0n) is 12.4. The quantitative estimate of drug-likeness (QED) is 0.860. The lowest BCUT2D eigenvalue weighted by molar-refractivity contribution is 0.341. The van der Waals surface area contributed by atoms with Gasteiger partial charge in [0.1, 0.15) is 0 Å². The van der Waals surface area contributed by atoms with E-state index in [1.54, 1.807) is 23.9 Å². The minimum Gasteiger partial charge on any atom is -0.467 e. The van der Waals surface area contributed by atoms with Gasteiger partial charge < -0.3 is 9.47 Å². The molecule has 23 heavy (non-hydrogen) atoms. The molecule has 10 heteroatoms. The number of rotatable bonds is 5. The Kier molecular flexibility index (Phi) is 4.26. The summed E-state index contributed by atoms with van der Waals surface area (Å²) in [7, 11) is -1.08. The van der Waals surface area contributed by atoms with Crippen LogP contribution in [0.5, 0.6) is 12.0 Å². The van der Waals surface area contributed by atoms with Crippen molar-refractivity contribution in [2.24, 2.45) is 0 Å². The fourth-order valence-electron chi connectivity index (χ4n) is 2.17. The summed E-state index contributed by atoms with van der Waals surface area (Å²) < 4.78 is 37.5. The van der Waals surface area contributed by atoms with Crippen molar-refractivity contribution in [3.05, 3.63) is 29.3 Å². The molecule has 1 aromatic heterocycles. The van der Waals surface area contributed by atoms with Crippen LogP contribution in [0.25, 0.3) is 0 Å². The minimum atomic E-state index is -3.82. The number of fused-ring (bicyclic) bond motifs is 1. The van der Waals surface area contributed by atoms with Gasteiger partial charge in [0, 0.05) is 11.5 Å². The third-order valence-electron chi connectivity index (χ3n) is 3.21. The predicted octanol–water partition coefficient (Wildman–Crippen LogP) is 1.44. The highest BCUT2D eigenvalue weighted by Gasteiger charge is 2.25. The largest absolute Gasteiger partial charge is 0.467 e. The maximum atomic E-state index is 12.7. The Morgan fingerprint density at radius 1 is 1.09 bits per heavy atom. The van der Waals surface area contributed by atoms with E-state index in [2.05, 4.69) is 19.7 Å². The van der Waals surface area contributed by atoms with E-state index in [0.717, 1.165) is 16.9 Å². The third-order valence-corrected chi connectivity index (χ3v) is 5.63. The molecule has 1 aliphatic rings. The smallest absolute Gasteiger partial charge is 0.324 e. The van der Waals surface area contributed by atoms with Gasteiger partial charge in [-0.2, -0.15) is 21.7 Å². The van der Waals surface area contributed by atoms with E-state index < -0.39 is 10.0 Å². The van der Waals surface area contributed by atoms with Crippen molar-refractivity contribution in [2.45, 2.75) is 16.4 Å².